The lowest BCUT2D eigenvalue weighted by molar-refractivity contribution is -0.134. The summed E-state index contributed by atoms with van der Waals surface area (Å²) in [6.07, 6.45) is -0.694. The van der Waals surface area contributed by atoms with Crippen LogP contribution in [0.25, 0.3) is 0 Å². The first-order valence-corrected chi connectivity index (χ1v) is 5.77. The first-order chi connectivity index (χ1) is 8.03. The second-order valence-electron chi connectivity index (χ2n) is 4.31. The number of nitrogens with zero attached hydrogens (tertiary/aromatic N) is 1. The van der Waals surface area contributed by atoms with E-state index in [9.17, 15) is 13.2 Å². The van der Waals surface area contributed by atoms with Crippen molar-refractivity contribution in [3.05, 3.63) is 17.8 Å². The van der Waals surface area contributed by atoms with Crippen molar-refractivity contribution in [1.82, 2.24) is 10.3 Å². The van der Waals surface area contributed by atoms with Crippen LogP contribution in [0.5, 0.6) is 0 Å². The normalized spacial score (nSPS) is 16.4. The van der Waals surface area contributed by atoms with E-state index in [0.717, 1.165) is 6.54 Å². The fourth-order valence-electron chi connectivity index (χ4n) is 1.51. The summed E-state index contributed by atoms with van der Waals surface area (Å²) in [5.41, 5.74) is 0. The SMILES string of the molecule is FC(F)(F)CCc1cnc(CCNC2CC2)o1. The Hall–Kier alpha value is -1.04. The van der Waals surface area contributed by atoms with E-state index in [0.29, 0.717) is 24.1 Å². The van der Waals surface area contributed by atoms with Crippen LogP contribution in [-0.4, -0.2) is 23.7 Å². The molecular formula is C11H15F3N2O. The fourth-order valence-corrected chi connectivity index (χ4v) is 1.51. The van der Waals surface area contributed by atoms with Crippen LogP contribution in [0.15, 0.2) is 10.6 Å². The first-order valence-electron chi connectivity index (χ1n) is 5.77. The van der Waals surface area contributed by atoms with Crippen LogP contribution in [0.3, 0.4) is 0 Å². The summed E-state index contributed by atoms with van der Waals surface area (Å²) in [7, 11) is 0. The molecule has 0 aliphatic heterocycles. The molecule has 0 amide bonds. The highest BCUT2D eigenvalue weighted by molar-refractivity contribution is 4.95. The van der Waals surface area contributed by atoms with Crippen LogP contribution in [0, 0.1) is 0 Å². The average molecular weight is 248 g/mol. The number of halogens is 3. The number of nitrogens with one attached hydrogen (secondary N) is 1. The topological polar surface area (TPSA) is 38.1 Å². The number of hydrogen-bond donors (Lipinski definition) is 1. The third-order valence-electron chi connectivity index (χ3n) is 2.61. The third kappa shape index (κ3) is 4.77. The van der Waals surface area contributed by atoms with E-state index >= 15 is 0 Å². The monoisotopic (exact) mass is 248 g/mol. The molecule has 3 nitrogen and oxygen atoms in total. The number of oxazole rings is 1. The summed E-state index contributed by atoms with van der Waals surface area (Å²) in [6, 6.07) is 0.620. The maximum atomic E-state index is 12.0. The largest absolute Gasteiger partial charge is 0.446 e. The van der Waals surface area contributed by atoms with Crippen LogP contribution in [-0.2, 0) is 12.8 Å². The quantitative estimate of drug-likeness (QED) is 0.840. The molecule has 0 bridgehead atoms. The molecule has 1 aliphatic rings. The van der Waals surface area contributed by atoms with Gasteiger partial charge >= 0.3 is 6.18 Å². The van der Waals surface area contributed by atoms with Crippen molar-refractivity contribution in [3.8, 4) is 0 Å². The number of rotatable bonds is 6. The molecule has 2 rings (SSSR count). The summed E-state index contributed by atoms with van der Waals surface area (Å²) >= 11 is 0. The van der Waals surface area contributed by atoms with Gasteiger partial charge in [-0.1, -0.05) is 0 Å². The molecule has 0 saturated heterocycles. The summed E-state index contributed by atoms with van der Waals surface area (Å²) < 4.78 is 41.2. The minimum Gasteiger partial charge on any atom is -0.446 e. The lowest BCUT2D eigenvalue weighted by atomic mass is 10.2. The Kier molecular flexibility index (Phi) is 3.71. The Balaban J connectivity index is 1.70. The Morgan fingerprint density at radius 3 is 2.76 bits per heavy atom. The van der Waals surface area contributed by atoms with Crippen LogP contribution in [0.4, 0.5) is 13.2 Å². The van der Waals surface area contributed by atoms with Gasteiger partial charge in [0.15, 0.2) is 5.89 Å². The van der Waals surface area contributed by atoms with Crippen LogP contribution in [0.2, 0.25) is 0 Å². The van der Waals surface area contributed by atoms with Gasteiger partial charge in [0.1, 0.15) is 5.76 Å². The second-order valence-corrected chi connectivity index (χ2v) is 4.31. The molecule has 1 N–H and O–H groups in total. The fraction of sp³-hybridized carbons (Fsp3) is 0.727. The van der Waals surface area contributed by atoms with E-state index in [1.165, 1.54) is 19.0 Å². The van der Waals surface area contributed by atoms with Crippen molar-refractivity contribution in [2.75, 3.05) is 6.54 Å². The number of hydrogen-bond acceptors (Lipinski definition) is 3. The van der Waals surface area contributed by atoms with E-state index < -0.39 is 12.6 Å². The maximum absolute atomic E-state index is 12.0. The third-order valence-corrected chi connectivity index (χ3v) is 2.61. The molecule has 17 heavy (non-hydrogen) atoms. The molecule has 1 aliphatic carbocycles. The summed E-state index contributed by atoms with van der Waals surface area (Å²) in [6.45, 7) is 0.768. The second kappa shape index (κ2) is 5.08. The molecule has 0 aromatic carbocycles. The van der Waals surface area contributed by atoms with Crippen molar-refractivity contribution >= 4 is 0 Å². The molecular weight excluding hydrogens is 233 g/mol. The van der Waals surface area contributed by atoms with E-state index in [-0.39, 0.29) is 6.42 Å². The molecule has 0 atom stereocenters. The lowest BCUT2D eigenvalue weighted by Gasteiger charge is -2.03. The zero-order valence-electron chi connectivity index (χ0n) is 9.39. The molecule has 6 heteroatoms. The van der Waals surface area contributed by atoms with Crippen molar-refractivity contribution in [2.45, 2.75) is 44.3 Å². The van der Waals surface area contributed by atoms with Gasteiger partial charge < -0.3 is 9.73 Å². The minimum absolute atomic E-state index is 0.132. The van der Waals surface area contributed by atoms with Crippen LogP contribution < -0.4 is 5.32 Å². The van der Waals surface area contributed by atoms with Gasteiger partial charge in [0.25, 0.3) is 0 Å². The summed E-state index contributed by atoms with van der Waals surface area (Å²) in [5, 5.41) is 3.29. The van der Waals surface area contributed by atoms with Gasteiger partial charge in [-0.3, -0.25) is 0 Å². The maximum Gasteiger partial charge on any atom is 0.389 e. The average Bonchev–Trinajstić information content (AvgIpc) is 2.93. The van der Waals surface area contributed by atoms with Gasteiger partial charge in [-0.25, -0.2) is 4.98 Å². The van der Waals surface area contributed by atoms with E-state index in [4.69, 9.17) is 4.42 Å². The number of aromatic nitrogens is 1. The highest BCUT2D eigenvalue weighted by Gasteiger charge is 2.27. The summed E-state index contributed by atoms with van der Waals surface area (Å²) in [4.78, 5) is 3.96. The van der Waals surface area contributed by atoms with Gasteiger partial charge in [-0.05, 0) is 12.8 Å². The molecule has 0 radical (unpaired) electrons. The summed E-state index contributed by atoms with van der Waals surface area (Å²) in [5.74, 6) is 0.819. The predicted molar refractivity (Wildman–Crippen MR) is 55.6 cm³/mol. The highest BCUT2D eigenvalue weighted by Crippen LogP contribution is 2.22. The van der Waals surface area contributed by atoms with E-state index in [1.54, 1.807) is 0 Å². The Bertz CT molecular complexity index is 358. The van der Waals surface area contributed by atoms with Crippen molar-refractivity contribution < 1.29 is 17.6 Å². The van der Waals surface area contributed by atoms with E-state index in [1.807, 2.05) is 0 Å². The zero-order valence-corrected chi connectivity index (χ0v) is 9.39. The molecule has 0 unspecified atom stereocenters. The Labute approximate surface area is 97.4 Å². The van der Waals surface area contributed by atoms with Crippen LogP contribution >= 0.6 is 0 Å². The van der Waals surface area contributed by atoms with Gasteiger partial charge in [-0.2, -0.15) is 13.2 Å². The zero-order chi connectivity index (χ0) is 12.3. The smallest absolute Gasteiger partial charge is 0.389 e. The number of alkyl halides is 3. The minimum atomic E-state index is -4.14. The van der Waals surface area contributed by atoms with Gasteiger partial charge in [0.2, 0.25) is 0 Å². The van der Waals surface area contributed by atoms with Crippen molar-refractivity contribution in [2.24, 2.45) is 0 Å². The standard InChI is InChI=1S/C11H15F3N2O/c12-11(13,14)5-3-9-7-16-10(17-9)4-6-15-8-1-2-8/h7-8,15H,1-6H2. The Morgan fingerprint density at radius 1 is 1.35 bits per heavy atom. The Morgan fingerprint density at radius 2 is 2.12 bits per heavy atom. The molecule has 1 aromatic rings. The number of aryl methyl sites for hydroxylation is 1. The molecule has 1 aromatic heterocycles. The molecule has 0 spiro atoms. The van der Waals surface area contributed by atoms with Crippen molar-refractivity contribution in [3.63, 3.8) is 0 Å². The van der Waals surface area contributed by atoms with E-state index in [2.05, 4.69) is 10.3 Å². The molecule has 1 saturated carbocycles. The van der Waals surface area contributed by atoms with Gasteiger partial charge in [-0.15, -0.1) is 0 Å². The molecule has 1 heterocycles. The predicted octanol–water partition coefficient (Wildman–Crippen LogP) is 2.46. The van der Waals surface area contributed by atoms with Crippen molar-refractivity contribution in [1.29, 1.82) is 0 Å². The first kappa shape index (κ1) is 12.4. The van der Waals surface area contributed by atoms with Gasteiger partial charge in [0.05, 0.1) is 12.6 Å². The molecule has 1 fully saturated rings. The lowest BCUT2D eigenvalue weighted by Crippen LogP contribution is -2.19. The highest BCUT2D eigenvalue weighted by atomic mass is 19.4. The van der Waals surface area contributed by atoms with Gasteiger partial charge in [0, 0.05) is 25.4 Å². The van der Waals surface area contributed by atoms with Crippen LogP contribution in [0.1, 0.15) is 30.9 Å². The molecule has 96 valence electrons.